The molecule has 0 spiro atoms. The zero-order valence-electron chi connectivity index (χ0n) is 11.1. The number of hydrogen-bond donors (Lipinski definition) is 1. The third-order valence-electron chi connectivity index (χ3n) is 3.24. The Bertz CT molecular complexity index is 519. The molecule has 0 saturated heterocycles. The highest BCUT2D eigenvalue weighted by molar-refractivity contribution is 5.84. The predicted octanol–water partition coefficient (Wildman–Crippen LogP) is 3.52. The third kappa shape index (κ3) is 3.23. The van der Waals surface area contributed by atoms with Crippen LogP contribution in [0.2, 0.25) is 0 Å². The van der Waals surface area contributed by atoms with Crippen LogP contribution in [0, 0.1) is 0 Å². The zero-order chi connectivity index (χ0) is 13.0. The minimum absolute atomic E-state index is 0.301. The Hall–Kier alpha value is -1.54. The van der Waals surface area contributed by atoms with E-state index in [0.29, 0.717) is 6.04 Å². The number of aryl methyl sites for hydroxylation is 1. The smallest absolute Gasteiger partial charge is 0.119 e. The van der Waals surface area contributed by atoms with Gasteiger partial charge in [-0.2, -0.15) is 0 Å². The van der Waals surface area contributed by atoms with Gasteiger partial charge in [-0.25, -0.2) is 0 Å². The normalized spacial score (nSPS) is 12.6. The van der Waals surface area contributed by atoms with Crippen LogP contribution in [0.15, 0.2) is 36.4 Å². The van der Waals surface area contributed by atoms with Gasteiger partial charge in [-0.15, -0.1) is 0 Å². The van der Waals surface area contributed by atoms with E-state index in [0.717, 1.165) is 25.0 Å². The number of rotatable bonds is 5. The molecule has 0 amide bonds. The van der Waals surface area contributed by atoms with Crippen molar-refractivity contribution in [3.8, 4) is 5.75 Å². The Morgan fingerprint density at radius 2 is 1.83 bits per heavy atom. The fraction of sp³-hybridized carbons (Fsp3) is 0.375. The number of fused-ring (bicyclic) bond motifs is 1. The number of ether oxygens (including phenoxy) is 1. The summed E-state index contributed by atoms with van der Waals surface area (Å²) in [5.41, 5.74) is 7.15. The molecule has 2 aromatic rings. The maximum absolute atomic E-state index is 5.77. The van der Waals surface area contributed by atoms with Crippen LogP contribution in [0.25, 0.3) is 10.8 Å². The Balaban J connectivity index is 2.12. The van der Waals surface area contributed by atoms with Gasteiger partial charge in [-0.3, -0.25) is 0 Å². The second-order valence-electron chi connectivity index (χ2n) is 4.92. The molecular formula is C16H21NO. The van der Waals surface area contributed by atoms with Gasteiger partial charge in [0.1, 0.15) is 5.75 Å². The van der Waals surface area contributed by atoms with Gasteiger partial charge < -0.3 is 10.5 Å². The van der Waals surface area contributed by atoms with Crippen molar-refractivity contribution in [3.63, 3.8) is 0 Å². The molecule has 2 heteroatoms. The lowest BCUT2D eigenvalue weighted by Crippen LogP contribution is -2.14. The SMILES string of the molecule is COc1ccc2cc(CCCC(C)N)ccc2c1. The summed E-state index contributed by atoms with van der Waals surface area (Å²) in [4.78, 5) is 0. The van der Waals surface area contributed by atoms with E-state index in [1.54, 1.807) is 7.11 Å². The van der Waals surface area contributed by atoms with Crippen molar-refractivity contribution in [1.82, 2.24) is 0 Å². The first-order chi connectivity index (χ1) is 8.69. The molecule has 0 heterocycles. The molecule has 1 atom stereocenters. The molecule has 2 aromatic carbocycles. The molecule has 96 valence electrons. The second-order valence-corrected chi connectivity index (χ2v) is 4.92. The van der Waals surface area contributed by atoms with Crippen LogP contribution in [-0.2, 0) is 6.42 Å². The van der Waals surface area contributed by atoms with E-state index in [1.165, 1.54) is 16.3 Å². The molecule has 0 aromatic heterocycles. The Morgan fingerprint density at radius 1 is 1.11 bits per heavy atom. The van der Waals surface area contributed by atoms with Crippen molar-refractivity contribution < 1.29 is 4.74 Å². The molecule has 0 fully saturated rings. The van der Waals surface area contributed by atoms with E-state index >= 15 is 0 Å². The Kier molecular flexibility index (Phi) is 4.21. The van der Waals surface area contributed by atoms with Crippen LogP contribution in [0.4, 0.5) is 0 Å². The summed E-state index contributed by atoms with van der Waals surface area (Å²) in [7, 11) is 1.70. The van der Waals surface area contributed by atoms with Crippen LogP contribution in [0.5, 0.6) is 5.75 Å². The van der Waals surface area contributed by atoms with E-state index in [-0.39, 0.29) is 0 Å². The van der Waals surface area contributed by atoms with E-state index in [9.17, 15) is 0 Å². The van der Waals surface area contributed by atoms with Gasteiger partial charge in [-0.05, 0) is 54.7 Å². The van der Waals surface area contributed by atoms with Gasteiger partial charge in [0, 0.05) is 6.04 Å². The molecule has 2 N–H and O–H groups in total. The Morgan fingerprint density at radius 3 is 2.56 bits per heavy atom. The van der Waals surface area contributed by atoms with Crippen LogP contribution in [-0.4, -0.2) is 13.2 Å². The van der Waals surface area contributed by atoms with Crippen molar-refractivity contribution in [2.24, 2.45) is 5.73 Å². The first-order valence-corrected chi connectivity index (χ1v) is 6.51. The summed E-state index contributed by atoms with van der Waals surface area (Å²) in [5, 5.41) is 2.50. The molecule has 0 aliphatic heterocycles. The quantitative estimate of drug-likeness (QED) is 0.872. The number of nitrogens with two attached hydrogens (primary N) is 1. The van der Waals surface area contributed by atoms with Gasteiger partial charge in [-0.1, -0.05) is 24.3 Å². The summed E-state index contributed by atoms with van der Waals surface area (Å²) in [6, 6.07) is 13.1. The van der Waals surface area contributed by atoms with Crippen LogP contribution < -0.4 is 10.5 Å². The summed E-state index contributed by atoms with van der Waals surface area (Å²) >= 11 is 0. The van der Waals surface area contributed by atoms with Crippen LogP contribution >= 0.6 is 0 Å². The van der Waals surface area contributed by atoms with E-state index in [4.69, 9.17) is 10.5 Å². The van der Waals surface area contributed by atoms with Gasteiger partial charge in [0.25, 0.3) is 0 Å². The largest absolute Gasteiger partial charge is 0.497 e. The summed E-state index contributed by atoms with van der Waals surface area (Å²) in [5.74, 6) is 0.909. The second kappa shape index (κ2) is 5.87. The van der Waals surface area contributed by atoms with Gasteiger partial charge in [0.15, 0.2) is 0 Å². The summed E-state index contributed by atoms with van der Waals surface area (Å²) in [6.07, 6.45) is 3.34. The lowest BCUT2D eigenvalue weighted by Gasteiger charge is -2.07. The zero-order valence-corrected chi connectivity index (χ0v) is 11.1. The Labute approximate surface area is 109 Å². The molecule has 1 unspecified atom stereocenters. The van der Waals surface area contributed by atoms with Crippen molar-refractivity contribution in [2.45, 2.75) is 32.2 Å². The fourth-order valence-electron chi connectivity index (χ4n) is 2.18. The molecule has 0 saturated carbocycles. The fourth-order valence-corrected chi connectivity index (χ4v) is 2.18. The van der Waals surface area contributed by atoms with Crippen LogP contribution in [0.1, 0.15) is 25.3 Å². The maximum Gasteiger partial charge on any atom is 0.119 e. The highest BCUT2D eigenvalue weighted by Crippen LogP contribution is 2.22. The maximum atomic E-state index is 5.77. The average molecular weight is 243 g/mol. The van der Waals surface area contributed by atoms with Crippen molar-refractivity contribution >= 4 is 10.8 Å². The molecule has 0 aliphatic rings. The standard InChI is InChI=1S/C16H21NO/c1-12(17)4-3-5-13-6-7-15-11-16(18-2)9-8-14(15)10-13/h6-12H,3-5,17H2,1-2H3. The number of benzene rings is 2. The van der Waals surface area contributed by atoms with E-state index in [1.807, 2.05) is 6.07 Å². The lowest BCUT2D eigenvalue weighted by atomic mass is 10.0. The predicted molar refractivity (Wildman–Crippen MR) is 77.1 cm³/mol. The van der Waals surface area contributed by atoms with Gasteiger partial charge in [0.05, 0.1) is 7.11 Å². The first-order valence-electron chi connectivity index (χ1n) is 6.51. The van der Waals surface area contributed by atoms with Gasteiger partial charge in [0.2, 0.25) is 0 Å². The molecule has 2 rings (SSSR count). The average Bonchev–Trinajstić information content (AvgIpc) is 2.37. The number of methoxy groups -OCH3 is 1. The van der Waals surface area contributed by atoms with Crippen LogP contribution in [0.3, 0.4) is 0 Å². The number of hydrogen-bond acceptors (Lipinski definition) is 2. The molecule has 18 heavy (non-hydrogen) atoms. The molecular weight excluding hydrogens is 222 g/mol. The minimum Gasteiger partial charge on any atom is -0.497 e. The monoisotopic (exact) mass is 243 g/mol. The summed E-state index contributed by atoms with van der Waals surface area (Å²) < 4.78 is 5.23. The first kappa shape index (κ1) is 12.9. The highest BCUT2D eigenvalue weighted by atomic mass is 16.5. The molecule has 2 nitrogen and oxygen atoms in total. The lowest BCUT2D eigenvalue weighted by molar-refractivity contribution is 0.415. The minimum atomic E-state index is 0.301. The van der Waals surface area contributed by atoms with Gasteiger partial charge >= 0.3 is 0 Å². The highest BCUT2D eigenvalue weighted by Gasteiger charge is 2.00. The van der Waals surface area contributed by atoms with Crippen molar-refractivity contribution in [2.75, 3.05) is 7.11 Å². The third-order valence-corrected chi connectivity index (χ3v) is 3.24. The van der Waals surface area contributed by atoms with E-state index < -0.39 is 0 Å². The summed E-state index contributed by atoms with van der Waals surface area (Å²) in [6.45, 7) is 2.06. The van der Waals surface area contributed by atoms with E-state index in [2.05, 4.69) is 37.3 Å². The molecule has 0 radical (unpaired) electrons. The van der Waals surface area contributed by atoms with Crippen molar-refractivity contribution in [3.05, 3.63) is 42.0 Å². The molecule has 0 aliphatic carbocycles. The molecule has 0 bridgehead atoms. The topological polar surface area (TPSA) is 35.2 Å². The van der Waals surface area contributed by atoms with Crippen molar-refractivity contribution in [1.29, 1.82) is 0 Å².